The van der Waals surface area contributed by atoms with Gasteiger partial charge in [0.05, 0.1) is 39.1 Å². The second-order valence-electron chi connectivity index (χ2n) is 7.00. The second-order valence-corrected chi connectivity index (χ2v) is 7.00. The highest BCUT2D eigenvalue weighted by molar-refractivity contribution is 5.00. The van der Waals surface area contributed by atoms with Crippen LogP contribution < -0.4 is 0 Å². The van der Waals surface area contributed by atoms with E-state index < -0.39 is 0 Å². The van der Waals surface area contributed by atoms with E-state index in [-0.39, 0.29) is 0 Å². The predicted molar refractivity (Wildman–Crippen MR) is 69.0 cm³/mol. The number of rotatable bonds is 1. The Morgan fingerprint density at radius 2 is 1.68 bits per heavy atom. The van der Waals surface area contributed by atoms with Gasteiger partial charge in [0.1, 0.15) is 0 Å². The maximum Gasteiger partial charge on any atom is 0.0639 e. The molecule has 0 radical (unpaired) electrons. The van der Waals surface area contributed by atoms with Gasteiger partial charge < -0.3 is 18.9 Å². The van der Waals surface area contributed by atoms with Crippen LogP contribution in [0, 0.1) is 16.7 Å². The maximum atomic E-state index is 6.14. The smallest absolute Gasteiger partial charge is 0.0639 e. The first-order chi connectivity index (χ1) is 9.32. The lowest BCUT2D eigenvalue weighted by Crippen LogP contribution is -2.57. The molecule has 4 rings (SSSR count). The van der Waals surface area contributed by atoms with Gasteiger partial charge in [0.2, 0.25) is 0 Å². The van der Waals surface area contributed by atoms with E-state index in [1.807, 2.05) is 0 Å². The highest BCUT2D eigenvalue weighted by Gasteiger charge is 2.53. The maximum absolute atomic E-state index is 6.14. The fourth-order valence-corrected chi connectivity index (χ4v) is 4.25. The average Bonchev–Trinajstić information content (AvgIpc) is 2.59. The molecule has 0 aliphatic carbocycles. The molecule has 2 spiro atoms. The lowest BCUT2D eigenvalue weighted by Gasteiger charge is -2.53. The van der Waals surface area contributed by atoms with Crippen molar-refractivity contribution >= 4 is 0 Å². The summed E-state index contributed by atoms with van der Waals surface area (Å²) in [7, 11) is 0. The molecule has 108 valence electrons. The second kappa shape index (κ2) is 4.69. The van der Waals surface area contributed by atoms with Gasteiger partial charge in [0, 0.05) is 30.0 Å². The van der Waals surface area contributed by atoms with Crippen molar-refractivity contribution < 1.29 is 18.9 Å². The summed E-state index contributed by atoms with van der Waals surface area (Å²) >= 11 is 0. The molecule has 0 aromatic carbocycles. The van der Waals surface area contributed by atoms with Gasteiger partial charge in [-0.15, -0.1) is 0 Å². The predicted octanol–water partition coefficient (Wildman–Crippen LogP) is 1.63. The SMILES string of the molecule is C1COCC(C2CC3(CCO2)COC3)C2(C1)COC2. The van der Waals surface area contributed by atoms with Crippen molar-refractivity contribution in [1.82, 2.24) is 0 Å². The van der Waals surface area contributed by atoms with Gasteiger partial charge in [0.25, 0.3) is 0 Å². The summed E-state index contributed by atoms with van der Waals surface area (Å²) in [5.41, 5.74) is 0.755. The molecule has 0 aromatic rings. The highest BCUT2D eigenvalue weighted by Crippen LogP contribution is 2.49. The molecule has 0 N–H and O–H groups in total. The summed E-state index contributed by atoms with van der Waals surface area (Å²) in [4.78, 5) is 0. The zero-order chi connectivity index (χ0) is 12.8. The molecular weight excluding hydrogens is 244 g/mol. The van der Waals surface area contributed by atoms with Gasteiger partial charge in [-0.25, -0.2) is 0 Å². The third-order valence-electron chi connectivity index (χ3n) is 5.69. The molecule has 4 heterocycles. The van der Waals surface area contributed by atoms with Crippen molar-refractivity contribution in [2.45, 2.75) is 31.8 Å². The van der Waals surface area contributed by atoms with Crippen LogP contribution in [0.15, 0.2) is 0 Å². The van der Waals surface area contributed by atoms with Crippen LogP contribution in [0.1, 0.15) is 25.7 Å². The first kappa shape index (κ1) is 12.6. The van der Waals surface area contributed by atoms with Crippen LogP contribution >= 0.6 is 0 Å². The summed E-state index contributed by atoms with van der Waals surface area (Å²) in [6.07, 6.45) is 5.07. The Labute approximate surface area is 114 Å². The van der Waals surface area contributed by atoms with Gasteiger partial charge in [-0.3, -0.25) is 0 Å². The Bertz CT molecular complexity index is 335. The van der Waals surface area contributed by atoms with E-state index in [0.29, 0.717) is 22.9 Å². The number of hydrogen-bond acceptors (Lipinski definition) is 4. The molecule has 4 aliphatic rings. The van der Waals surface area contributed by atoms with Crippen LogP contribution in [0.3, 0.4) is 0 Å². The zero-order valence-corrected chi connectivity index (χ0v) is 11.6. The van der Waals surface area contributed by atoms with Crippen LogP contribution in [-0.4, -0.2) is 52.4 Å². The monoisotopic (exact) mass is 268 g/mol. The largest absolute Gasteiger partial charge is 0.381 e. The molecule has 2 unspecified atom stereocenters. The van der Waals surface area contributed by atoms with Gasteiger partial charge in [0.15, 0.2) is 0 Å². The molecular formula is C15H24O4. The van der Waals surface area contributed by atoms with E-state index in [2.05, 4.69) is 0 Å². The van der Waals surface area contributed by atoms with Crippen molar-refractivity contribution in [3.05, 3.63) is 0 Å². The van der Waals surface area contributed by atoms with Crippen LogP contribution in [0.25, 0.3) is 0 Å². The van der Waals surface area contributed by atoms with Crippen molar-refractivity contribution in [2.24, 2.45) is 16.7 Å². The van der Waals surface area contributed by atoms with Crippen LogP contribution in [0.2, 0.25) is 0 Å². The topological polar surface area (TPSA) is 36.9 Å². The van der Waals surface area contributed by atoms with Crippen molar-refractivity contribution in [3.8, 4) is 0 Å². The Morgan fingerprint density at radius 1 is 0.842 bits per heavy atom. The molecule has 4 aliphatic heterocycles. The zero-order valence-electron chi connectivity index (χ0n) is 11.6. The summed E-state index contributed by atoms with van der Waals surface area (Å²) < 4.78 is 23.0. The molecule has 2 atom stereocenters. The van der Waals surface area contributed by atoms with Gasteiger partial charge >= 0.3 is 0 Å². The first-order valence-corrected chi connectivity index (χ1v) is 7.67. The normalized spacial score (nSPS) is 40.4. The molecule has 4 fully saturated rings. The Morgan fingerprint density at radius 3 is 2.37 bits per heavy atom. The number of hydrogen-bond donors (Lipinski definition) is 0. The molecule has 0 amide bonds. The van der Waals surface area contributed by atoms with Gasteiger partial charge in [-0.05, 0) is 25.7 Å². The third-order valence-corrected chi connectivity index (χ3v) is 5.69. The van der Waals surface area contributed by atoms with Crippen molar-refractivity contribution in [3.63, 3.8) is 0 Å². The summed E-state index contributed by atoms with van der Waals surface area (Å²) in [6, 6.07) is 0. The van der Waals surface area contributed by atoms with Crippen molar-refractivity contribution in [2.75, 3.05) is 46.2 Å². The molecule has 4 nitrogen and oxygen atoms in total. The highest BCUT2D eigenvalue weighted by atomic mass is 16.5. The number of ether oxygens (including phenoxy) is 4. The van der Waals surface area contributed by atoms with Crippen molar-refractivity contribution in [1.29, 1.82) is 0 Å². The van der Waals surface area contributed by atoms with E-state index in [0.717, 1.165) is 52.7 Å². The van der Waals surface area contributed by atoms with Crippen LogP contribution in [0.4, 0.5) is 0 Å². The minimum Gasteiger partial charge on any atom is -0.381 e. The lowest BCUT2D eigenvalue weighted by atomic mass is 9.64. The standard InChI is InChI=1S/C15H24O4/c1-2-15(10-18-11-15)12(7-16-4-1)13-6-14(3-5-19-13)8-17-9-14/h12-13H,1-11H2. The Hall–Kier alpha value is -0.160. The summed E-state index contributed by atoms with van der Waals surface area (Å²) in [5.74, 6) is 0.515. The Kier molecular flexibility index (Phi) is 3.10. The molecule has 0 bridgehead atoms. The quantitative estimate of drug-likeness (QED) is 0.724. The van der Waals surface area contributed by atoms with Gasteiger partial charge in [-0.1, -0.05) is 0 Å². The molecule has 0 aromatic heterocycles. The van der Waals surface area contributed by atoms with Gasteiger partial charge in [-0.2, -0.15) is 0 Å². The minimum absolute atomic E-state index is 0.338. The Balaban J connectivity index is 1.52. The van der Waals surface area contributed by atoms with Crippen LogP contribution in [-0.2, 0) is 18.9 Å². The average molecular weight is 268 g/mol. The van der Waals surface area contributed by atoms with E-state index >= 15 is 0 Å². The fraction of sp³-hybridized carbons (Fsp3) is 1.00. The molecule has 19 heavy (non-hydrogen) atoms. The van der Waals surface area contributed by atoms with E-state index in [9.17, 15) is 0 Å². The van der Waals surface area contributed by atoms with E-state index in [4.69, 9.17) is 18.9 Å². The van der Waals surface area contributed by atoms with E-state index in [1.165, 1.54) is 19.3 Å². The molecule has 4 heteroatoms. The minimum atomic E-state index is 0.338. The van der Waals surface area contributed by atoms with E-state index in [1.54, 1.807) is 0 Å². The molecule has 0 saturated carbocycles. The summed E-state index contributed by atoms with van der Waals surface area (Å²) in [6.45, 7) is 6.33. The fourth-order valence-electron chi connectivity index (χ4n) is 4.25. The lowest BCUT2D eigenvalue weighted by molar-refractivity contribution is -0.226. The first-order valence-electron chi connectivity index (χ1n) is 7.67. The molecule has 4 saturated heterocycles. The third kappa shape index (κ3) is 2.04. The summed E-state index contributed by atoms with van der Waals surface area (Å²) in [5, 5.41) is 0. The van der Waals surface area contributed by atoms with Crippen LogP contribution in [0.5, 0.6) is 0 Å².